The first kappa shape index (κ1) is 59.4. The minimum Gasteiger partial charge on any atom is -0.394 e. The van der Waals surface area contributed by atoms with Gasteiger partial charge in [-0.25, -0.2) is 0 Å². The van der Waals surface area contributed by atoms with E-state index in [0.717, 1.165) is 25.7 Å². The van der Waals surface area contributed by atoms with Gasteiger partial charge in [-0.3, -0.25) is 4.79 Å². The summed E-state index contributed by atoms with van der Waals surface area (Å²) in [5.41, 5.74) is 0. The molecule has 1 amide bonds. The largest absolute Gasteiger partial charge is 0.394 e. The zero-order valence-corrected chi connectivity index (χ0v) is 41.5. The maximum Gasteiger partial charge on any atom is 0.220 e. The van der Waals surface area contributed by atoms with Gasteiger partial charge in [0.2, 0.25) is 5.91 Å². The number of rotatable bonds is 53. The molecule has 2 unspecified atom stereocenters. The summed E-state index contributed by atoms with van der Waals surface area (Å²) in [7, 11) is 0. The molecule has 0 aromatic rings. The Balaban J connectivity index is 3.36. The Morgan fingerprint density at radius 1 is 0.333 bits per heavy atom. The van der Waals surface area contributed by atoms with Gasteiger partial charge in [0.05, 0.1) is 18.8 Å². The molecular formula is C56H113NO3. The standard InChI is InChI=1S/C56H113NO3/c1-3-5-7-9-11-13-15-17-19-21-22-23-24-25-26-27-28-29-30-31-32-33-34-35-36-37-39-41-43-45-47-49-51-55(59)54(53-58)57-56(60)52-50-48-46-44-42-40-38-20-18-16-14-12-10-8-6-4-2/h54-55,58-59H,3-53H2,1-2H3,(H,57,60). The van der Waals surface area contributed by atoms with Crippen molar-refractivity contribution >= 4 is 5.91 Å². The second-order valence-electron chi connectivity index (χ2n) is 19.7. The van der Waals surface area contributed by atoms with Crippen LogP contribution < -0.4 is 5.32 Å². The van der Waals surface area contributed by atoms with E-state index >= 15 is 0 Å². The van der Waals surface area contributed by atoms with Gasteiger partial charge < -0.3 is 15.5 Å². The molecule has 0 aliphatic heterocycles. The SMILES string of the molecule is CCCCCCCCCCCCCCCCCCCCCCCCCCCCCCCCCCC(O)C(CO)NC(=O)CCCCCCCCCCCCCCCCCC. The quantitative estimate of drug-likeness (QED) is 0.0534. The molecule has 60 heavy (non-hydrogen) atoms. The summed E-state index contributed by atoms with van der Waals surface area (Å²) < 4.78 is 0. The van der Waals surface area contributed by atoms with Crippen LogP contribution in [0.4, 0.5) is 0 Å². The number of amides is 1. The van der Waals surface area contributed by atoms with Crippen molar-refractivity contribution in [3.8, 4) is 0 Å². The molecule has 4 heteroatoms. The maximum absolute atomic E-state index is 12.5. The number of aliphatic hydroxyl groups is 2. The number of hydrogen-bond donors (Lipinski definition) is 3. The van der Waals surface area contributed by atoms with E-state index in [4.69, 9.17) is 0 Å². The third-order valence-electron chi connectivity index (χ3n) is 13.6. The Bertz CT molecular complexity index is 788. The van der Waals surface area contributed by atoms with Crippen molar-refractivity contribution in [3.05, 3.63) is 0 Å². The normalized spacial score (nSPS) is 12.7. The molecule has 0 fully saturated rings. The highest BCUT2D eigenvalue weighted by atomic mass is 16.3. The summed E-state index contributed by atoms with van der Waals surface area (Å²) in [5.74, 6) is -0.0236. The third-order valence-corrected chi connectivity index (χ3v) is 13.6. The number of nitrogens with one attached hydrogen (secondary N) is 1. The molecule has 360 valence electrons. The second-order valence-corrected chi connectivity index (χ2v) is 19.7. The van der Waals surface area contributed by atoms with E-state index in [2.05, 4.69) is 19.2 Å². The molecule has 0 aromatic carbocycles. The van der Waals surface area contributed by atoms with Crippen LogP contribution in [0.3, 0.4) is 0 Å². The molecule has 0 aliphatic rings. The van der Waals surface area contributed by atoms with Crippen LogP contribution in [0.5, 0.6) is 0 Å². The number of unbranched alkanes of at least 4 members (excludes halogenated alkanes) is 46. The molecule has 0 aromatic heterocycles. The second kappa shape index (κ2) is 52.7. The highest BCUT2D eigenvalue weighted by Gasteiger charge is 2.20. The molecule has 0 saturated heterocycles. The van der Waals surface area contributed by atoms with E-state index < -0.39 is 12.1 Å². The van der Waals surface area contributed by atoms with Crippen molar-refractivity contribution in [2.24, 2.45) is 0 Å². The number of aliphatic hydroxyl groups excluding tert-OH is 2. The summed E-state index contributed by atoms with van der Waals surface area (Å²) in [6.07, 6.45) is 66.7. The van der Waals surface area contributed by atoms with Gasteiger partial charge in [-0.05, 0) is 12.8 Å². The number of hydrogen-bond acceptors (Lipinski definition) is 3. The Morgan fingerprint density at radius 3 is 0.750 bits per heavy atom. The van der Waals surface area contributed by atoms with Crippen molar-refractivity contribution in [3.63, 3.8) is 0 Å². The lowest BCUT2D eigenvalue weighted by atomic mass is 10.0. The van der Waals surface area contributed by atoms with Crippen LogP contribution in [0.25, 0.3) is 0 Å². The number of carbonyl (C=O) groups is 1. The Hall–Kier alpha value is -0.610. The molecule has 3 N–H and O–H groups in total. The van der Waals surface area contributed by atoms with Crippen LogP contribution >= 0.6 is 0 Å². The summed E-state index contributed by atoms with van der Waals surface area (Å²) in [4.78, 5) is 12.5. The highest BCUT2D eigenvalue weighted by molar-refractivity contribution is 5.76. The first-order valence-electron chi connectivity index (χ1n) is 28.2. The molecule has 0 saturated carbocycles. The summed E-state index contributed by atoms with van der Waals surface area (Å²) in [5, 5.41) is 23.3. The lowest BCUT2D eigenvalue weighted by Crippen LogP contribution is -2.45. The smallest absolute Gasteiger partial charge is 0.220 e. The molecule has 0 bridgehead atoms. The first-order chi connectivity index (χ1) is 29.7. The fourth-order valence-electron chi connectivity index (χ4n) is 9.31. The molecule has 0 radical (unpaired) electrons. The topological polar surface area (TPSA) is 69.6 Å². The van der Waals surface area contributed by atoms with Gasteiger partial charge in [0, 0.05) is 6.42 Å². The van der Waals surface area contributed by atoms with Crippen LogP contribution in [0, 0.1) is 0 Å². The van der Waals surface area contributed by atoms with Gasteiger partial charge in [0.25, 0.3) is 0 Å². The van der Waals surface area contributed by atoms with Crippen LogP contribution in [0.1, 0.15) is 335 Å². The molecule has 0 rings (SSSR count). The molecule has 4 nitrogen and oxygen atoms in total. The lowest BCUT2D eigenvalue weighted by molar-refractivity contribution is -0.123. The van der Waals surface area contributed by atoms with E-state index in [-0.39, 0.29) is 12.5 Å². The third kappa shape index (κ3) is 48.4. The molecular weight excluding hydrogens is 735 g/mol. The minimum absolute atomic E-state index is 0.0236. The zero-order valence-electron chi connectivity index (χ0n) is 41.5. The minimum atomic E-state index is -0.654. The Morgan fingerprint density at radius 2 is 0.533 bits per heavy atom. The molecule has 2 atom stereocenters. The van der Waals surface area contributed by atoms with Gasteiger partial charge in [-0.2, -0.15) is 0 Å². The molecule has 0 spiro atoms. The maximum atomic E-state index is 12.5. The highest BCUT2D eigenvalue weighted by Crippen LogP contribution is 2.18. The van der Waals surface area contributed by atoms with E-state index in [1.54, 1.807) is 0 Å². The summed E-state index contributed by atoms with van der Waals surface area (Å²) in [6, 6.07) is -0.531. The monoisotopic (exact) mass is 848 g/mol. The predicted molar refractivity (Wildman–Crippen MR) is 267 cm³/mol. The van der Waals surface area contributed by atoms with Gasteiger partial charge in [0.1, 0.15) is 0 Å². The van der Waals surface area contributed by atoms with Crippen LogP contribution in [0.15, 0.2) is 0 Å². The zero-order chi connectivity index (χ0) is 43.5. The van der Waals surface area contributed by atoms with E-state index in [1.165, 1.54) is 283 Å². The van der Waals surface area contributed by atoms with Crippen LogP contribution in [0.2, 0.25) is 0 Å². The predicted octanol–water partition coefficient (Wildman–Crippen LogP) is 18.4. The average molecular weight is 849 g/mol. The number of carbonyl (C=O) groups excluding carboxylic acids is 1. The van der Waals surface area contributed by atoms with Crippen LogP contribution in [-0.2, 0) is 4.79 Å². The van der Waals surface area contributed by atoms with Crippen molar-refractivity contribution in [2.75, 3.05) is 6.61 Å². The fraction of sp³-hybridized carbons (Fsp3) is 0.982. The molecule has 0 heterocycles. The van der Waals surface area contributed by atoms with Gasteiger partial charge in [-0.1, -0.05) is 316 Å². The fourth-order valence-corrected chi connectivity index (χ4v) is 9.31. The van der Waals surface area contributed by atoms with Crippen LogP contribution in [-0.4, -0.2) is 34.9 Å². The van der Waals surface area contributed by atoms with E-state index in [9.17, 15) is 15.0 Å². The molecule has 0 aliphatic carbocycles. The first-order valence-corrected chi connectivity index (χ1v) is 28.2. The van der Waals surface area contributed by atoms with Crippen molar-refractivity contribution in [1.82, 2.24) is 5.32 Å². The summed E-state index contributed by atoms with van der Waals surface area (Å²) >= 11 is 0. The summed E-state index contributed by atoms with van der Waals surface area (Å²) in [6.45, 7) is 4.40. The van der Waals surface area contributed by atoms with E-state index in [0.29, 0.717) is 12.8 Å². The van der Waals surface area contributed by atoms with Gasteiger partial charge in [0.15, 0.2) is 0 Å². The van der Waals surface area contributed by atoms with Gasteiger partial charge >= 0.3 is 0 Å². The lowest BCUT2D eigenvalue weighted by Gasteiger charge is -2.22. The Kier molecular flexibility index (Phi) is 52.2. The van der Waals surface area contributed by atoms with Crippen molar-refractivity contribution in [2.45, 2.75) is 347 Å². The van der Waals surface area contributed by atoms with Crippen molar-refractivity contribution in [1.29, 1.82) is 0 Å². The van der Waals surface area contributed by atoms with Crippen molar-refractivity contribution < 1.29 is 15.0 Å². The Labute approximate surface area is 378 Å². The average Bonchev–Trinajstić information content (AvgIpc) is 3.25. The van der Waals surface area contributed by atoms with E-state index in [1.807, 2.05) is 0 Å². The van der Waals surface area contributed by atoms with Gasteiger partial charge in [-0.15, -0.1) is 0 Å².